The fourth-order valence-electron chi connectivity index (χ4n) is 2.72. The van der Waals surface area contributed by atoms with Gasteiger partial charge in [0.1, 0.15) is 0 Å². The van der Waals surface area contributed by atoms with Crippen molar-refractivity contribution in [3.05, 3.63) is 0 Å². The predicted octanol–water partition coefficient (Wildman–Crippen LogP) is 0.914. The summed E-state index contributed by atoms with van der Waals surface area (Å²) < 4.78 is 5.24. The van der Waals surface area contributed by atoms with Gasteiger partial charge in [-0.15, -0.1) is 0 Å². The van der Waals surface area contributed by atoms with Crippen molar-refractivity contribution in [2.75, 3.05) is 13.2 Å². The lowest BCUT2D eigenvalue weighted by atomic mass is 9.99. The summed E-state index contributed by atoms with van der Waals surface area (Å²) in [6.07, 6.45) is 4.90. The molecule has 2 fully saturated rings. The fourth-order valence-corrected chi connectivity index (χ4v) is 2.72. The van der Waals surface area contributed by atoms with Gasteiger partial charge in [-0.05, 0) is 18.8 Å². The number of hydrogen-bond donors (Lipinski definition) is 2. The number of nitrogens with one attached hydrogen (secondary N) is 1. The Morgan fingerprint density at radius 3 is 2.79 bits per heavy atom. The summed E-state index contributed by atoms with van der Waals surface area (Å²) in [6, 6.07) is 0.786. The zero-order chi connectivity index (χ0) is 9.97. The maximum absolute atomic E-state index is 9.62. The summed E-state index contributed by atoms with van der Waals surface area (Å²) >= 11 is 0. The third-order valence-corrected chi connectivity index (χ3v) is 3.66. The van der Waals surface area contributed by atoms with Crippen LogP contribution in [0.3, 0.4) is 0 Å². The Bertz CT molecular complexity index is 186. The maximum atomic E-state index is 9.62. The predicted molar refractivity (Wildman–Crippen MR) is 55.2 cm³/mol. The molecule has 82 valence electrons. The van der Waals surface area contributed by atoms with E-state index in [1.165, 1.54) is 25.7 Å². The Morgan fingerprint density at radius 2 is 2.14 bits per heavy atom. The molecule has 0 aromatic rings. The normalized spacial score (nSPS) is 43.3. The quantitative estimate of drug-likeness (QED) is 0.710. The second-order valence-electron chi connectivity index (χ2n) is 4.58. The van der Waals surface area contributed by atoms with Gasteiger partial charge in [0.25, 0.3) is 0 Å². The lowest BCUT2D eigenvalue weighted by Gasteiger charge is -2.24. The van der Waals surface area contributed by atoms with E-state index in [1.54, 1.807) is 0 Å². The van der Waals surface area contributed by atoms with Gasteiger partial charge in [0.15, 0.2) is 0 Å². The molecule has 2 N–H and O–H groups in total. The van der Waals surface area contributed by atoms with E-state index in [9.17, 15) is 5.11 Å². The van der Waals surface area contributed by atoms with E-state index in [0.29, 0.717) is 19.3 Å². The molecule has 1 saturated heterocycles. The Morgan fingerprint density at radius 1 is 1.29 bits per heavy atom. The van der Waals surface area contributed by atoms with E-state index in [4.69, 9.17) is 4.74 Å². The largest absolute Gasteiger partial charge is 0.389 e. The summed E-state index contributed by atoms with van der Waals surface area (Å²) in [5, 5.41) is 13.2. The van der Waals surface area contributed by atoms with Crippen molar-refractivity contribution in [3.63, 3.8) is 0 Å². The Kier molecular flexibility index (Phi) is 3.42. The molecule has 2 rings (SSSR count). The lowest BCUT2D eigenvalue weighted by Crippen LogP contribution is -2.46. The highest BCUT2D eigenvalue weighted by molar-refractivity contribution is 4.89. The van der Waals surface area contributed by atoms with E-state index in [2.05, 4.69) is 12.2 Å². The first-order valence-electron chi connectivity index (χ1n) is 5.83. The summed E-state index contributed by atoms with van der Waals surface area (Å²) in [4.78, 5) is 0. The molecule has 1 saturated carbocycles. The topological polar surface area (TPSA) is 41.5 Å². The number of rotatable bonds is 3. The third kappa shape index (κ3) is 2.10. The van der Waals surface area contributed by atoms with Gasteiger partial charge >= 0.3 is 0 Å². The summed E-state index contributed by atoms with van der Waals surface area (Å²) in [5.41, 5.74) is 0. The van der Waals surface area contributed by atoms with Gasteiger partial charge in [0.05, 0.1) is 25.4 Å². The van der Waals surface area contributed by atoms with Crippen LogP contribution in [0.25, 0.3) is 0 Å². The molecule has 1 aliphatic carbocycles. The zero-order valence-electron chi connectivity index (χ0n) is 8.91. The standard InChI is InChI=1S/C11H21NO2/c1-2-8-4-3-5-9(8)12-10-6-14-7-11(10)13/h8-13H,2-7H2,1H3/t8?,9?,10-,11-/m1/s1. The molecule has 2 aliphatic rings. The first-order chi connectivity index (χ1) is 6.81. The lowest BCUT2D eigenvalue weighted by molar-refractivity contribution is 0.120. The molecule has 3 heteroatoms. The minimum absolute atomic E-state index is 0.173. The van der Waals surface area contributed by atoms with Crippen molar-refractivity contribution in [2.45, 2.75) is 50.8 Å². The average molecular weight is 199 g/mol. The van der Waals surface area contributed by atoms with Crippen LogP contribution in [-0.4, -0.2) is 36.5 Å². The van der Waals surface area contributed by atoms with E-state index in [0.717, 1.165) is 5.92 Å². The molecular weight excluding hydrogens is 178 g/mol. The highest BCUT2D eigenvalue weighted by Crippen LogP contribution is 2.28. The smallest absolute Gasteiger partial charge is 0.0948 e. The highest BCUT2D eigenvalue weighted by Gasteiger charge is 2.32. The number of ether oxygens (including phenoxy) is 1. The minimum Gasteiger partial charge on any atom is -0.389 e. The van der Waals surface area contributed by atoms with Crippen LogP contribution in [0.2, 0.25) is 0 Å². The van der Waals surface area contributed by atoms with Crippen molar-refractivity contribution >= 4 is 0 Å². The zero-order valence-corrected chi connectivity index (χ0v) is 8.91. The van der Waals surface area contributed by atoms with Crippen LogP contribution < -0.4 is 5.32 Å². The molecule has 2 unspecified atom stereocenters. The van der Waals surface area contributed by atoms with E-state index in [-0.39, 0.29) is 12.1 Å². The molecule has 0 spiro atoms. The van der Waals surface area contributed by atoms with Gasteiger partial charge < -0.3 is 15.2 Å². The maximum Gasteiger partial charge on any atom is 0.0948 e. The van der Waals surface area contributed by atoms with E-state index >= 15 is 0 Å². The molecule has 4 atom stereocenters. The van der Waals surface area contributed by atoms with Crippen LogP contribution in [0.15, 0.2) is 0 Å². The second kappa shape index (κ2) is 4.60. The number of aliphatic hydroxyl groups is 1. The van der Waals surface area contributed by atoms with Gasteiger partial charge in [0.2, 0.25) is 0 Å². The third-order valence-electron chi connectivity index (χ3n) is 3.66. The fraction of sp³-hybridized carbons (Fsp3) is 1.00. The van der Waals surface area contributed by atoms with Gasteiger partial charge in [-0.25, -0.2) is 0 Å². The number of hydrogen-bond acceptors (Lipinski definition) is 3. The Balaban J connectivity index is 1.83. The van der Waals surface area contributed by atoms with Crippen molar-refractivity contribution < 1.29 is 9.84 Å². The van der Waals surface area contributed by atoms with Crippen LogP contribution in [0.1, 0.15) is 32.6 Å². The second-order valence-corrected chi connectivity index (χ2v) is 4.58. The summed E-state index contributed by atoms with van der Waals surface area (Å²) in [7, 11) is 0. The highest BCUT2D eigenvalue weighted by atomic mass is 16.5. The van der Waals surface area contributed by atoms with Gasteiger partial charge in [0, 0.05) is 6.04 Å². The molecular formula is C11H21NO2. The monoisotopic (exact) mass is 199 g/mol. The molecule has 1 aliphatic heterocycles. The van der Waals surface area contributed by atoms with E-state index in [1.807, 2.05) is 0 Å². The van der Waals surface area contributed by atoms with Crippen molar-refractivity contribution in [3.8, 4) is 0 Å². The molecule has 0 radical (unpaired) electrons. The Labute approximate surface area is 85.8 Å². The van der Waals surface area contributed by atoms with Crippen LogP contribution in [0.5, 0.6) is 0 Å². The first-order valence-corrected chi connectivity index (χ1v) is 5.83. The summed E-state index contributed by atoms with van der Waals surface area (Å²) in [5.74, 6) is 0.808. The molecule has 1 heterocycles. The molecule has 14 heavy (non-hydrogen) atoms. The van der Waals surface area contributed by atoms with Crippen LogP contribution >= 0.6 is 0 Å². The average Bonchev–Trinajstić information content (AvgIpc) is 2.77. The Hall–Kier alpha value is -0.120. The molecule has 0 aromatic heterocycles. The van der Waals surface area contributed by atoms with Gasteiger partial charge in [-0.1, -0.05) is 19.8 Å². The minimum atomic E-state index is -0.298. The SMILES string of the molecule is CCC1CCCC1N[C@@H]1COC[C@H]1O. The molecule has 0 amide bonds. The van der Waals surface area contributed by atoms with Crippen LogP contribution in [0.4, 0.5) is 0 Å². The van der Waals surface area contributed by atoms with Crippen LogP contribution in [0, 0.1) is 5.92 Å². The van der Waals surface area contributed by atoms with Crippen LogP contribution in [-0.2, 0) is 4.74 Å². The first kappa shape index (κ1) is 10.4. The number of aliphatic hydroxyl groups excluding tert-OH is 1. The summed E-state index contributed by atoms with van der Waals surface area (Å²) in [6.45, 7) is 3.43. The molecule has 3 nitrogen and oxygen atoms in total. The van der Waals surface area contributed by atoms with Gasteiger partial charge in [-0.2, -0.15) is 0 Å². The van der Waals surface area contributed by atoms with Gasteiger partial charge in [-0.3, -0.25) is 0 Å². The molecule has 0 bridgehead atoms. The molecule has 0 aromatic carbocycles. The van der Waals surface area contributed by atoms with Crippen molar-refractivity contribution in [1.82, 2.24) is 5.32 Å². The van der Waals surface area contributed by atoms with E-state index < -0.39 is 0 Å². The van der Waals surface area contributed by atoms with Crippen molar-refractivity contribution in [1.29, 1.82) is 0 Å². The van der Waals surface area contributed by atoms with Crippen molar-refractivity contribution in [2.24, 2.45) is 5.92 Å².